The molecule has 2 aromatic heterocycles. The lowest BCUT2D eigenvalue weighted by atomic mass is 9.98. The van der Waals surface area contributed by atoms with Crippen molar-refractivity contribution < 1.29 is 27.1 Å². The molecule has 2 unspecified atom stereocenters. The second-order valence-electron chi connectivity index (χ2n) is 12.7. The van der Waals surface area contributed by atoms with Crippen LogP contribution >= 0.6 is 11.6 Å². The Bertz CT molecular complexity index is 2160. The zero-order valence-corrected chi connectivity index (χ0v) is 28.4. The summed E-state index contributed by atoms with van der Waals surface area (Å²) in [5, 5.41) is 9.98. The van der Waals surface area contributed by atoms with E-state index < -0.39 is 77.7 Å². The zero-order chi connectivity index (χ0) is 35.0. The number of sulfone groups is 1. The van der Waals surface area contributed by atoms with Crippen LogP contribution < -0.4 is 10.6 Å². The van der Waals surface area contributed by atoms with E-state index in [2.05, 4.69) is 21.5 Å². The van der Waals surface area contributed by atoms with E-state index in [0.717, 1.165) is 22.8 Å². The van der Waals surface area contributed by atoms with E-state index >= 15 is 8.78 Å². The van der Waals surface area contributed by atoms with E-state index in [9.17, 15) is 23.1 Å². The summed E-state index contributed by atoms with van der Waals surface area (Å²) >= 11 is 7.05. The average molecular weight is 699 g/mol. The number of piperazine rings is 1. The number of anilines is 1. The first-order valence-corrected chi connectivity index (χ1v) is 17.4. The SMILES string of the molecule is C=CC(=O)N1CC2CS(=O)(=O)c3c(F)c(-c4c(O)cccc4F)c(Cl)c4c3c(nc(=O)n4-c3c(C(C)C)ncnc3C(C)C)N2CC1C. The molecule has 1 N–H and O–H groups in total. The van der Waals surface area contributed by atoms with E-state index in [1.165, 1.54) is 17.3 Å². The number of rotatable bonds is 5. The van der Waals surface area contributed by atoms with E-state index in [1.54, 1.807) is 11.8 Å². The van der Waals surface area contributed by atoms with E-state index in [1.807, 2.05) is 27.7 Å². The minimum absolute atomic E-state index is 0.0444. The normalized spacial score (nSPS) is 18.7. The lowest BCUT2D eigenvalue weighted by molar-refractivity contribution is -0.128. The van der Waals surface area contributed by atoms with Gasteiger partial charge >= 0.3 is 5.69 Å². The Kier molecular flexibility index (Phi) is 8.31. The topological polar surface area (TPSA) is 139 Å². The number of phenolic OH excluding ortho intramolecular Hbond substituents is 1. The molecule has 1 fully saturated rings. The first kappa shape index (κ1) is 33.5. The predicted octanol–water partition coefficient (Wildman–Crippen LogP) is 5.11. The maximum Gasteiger partial charge on any atom is 0.354 e. The van der Waals surface area contributed by atoms with Crippen molar-refractivity contribution in [3.63, 3.8) is 0 Å². The van der Waals surface area contributed by atoms with Crippen LogP contribution in [0.5, 0.6) is 5.75 Å². The third kappa shape index (κ3) is 5.04. The minimum Gasteiger partial charge on any atom is -0.507 e. The maximum absolute atomic E-state index is 17.1. The number of fused-ring (bicyclic) bond motifs is 2. The Morgan fingerprint density at radius 2 is 1.75 bits per heavy atom. The van der Waals surface area contributed by atoms with Gasteiger partial charge in [0.1, 0.15) is 28.6 Å². The number of phenols is 1. The molecule has 6 rings (SSSR count). The number of carbonyl (C=O) groups is 1. The van der Waals surface area contributed by atoms with Gasteiger partial charge in [0.15, 0.2) is 15.7 Å². The zero-order valence-electron chi connectivity index (χ0n) is 26.8. The predicted molar refractivity (Wildman–Crippen MR) is 178 cm³/mol. The Morgan fingerprint density at radius 1 is 1.10 bits per heavy atom. The highest BCUT2D eigenvalue weighted by Crippen LogP contribution is 2.49. The van der Waals surface area contributed by atoms with Crippen molar-refractivity contribution in [2.24, 2.45) is 0 Å². The third-order valence-electron chi connectivity index (χ3n) is 8.88. The molecule has 2 atom stereocenters. The quantitative estimate of drug-likeness (QED) is 0.282. The molecule has 48 heavy (non-hydrogen) atoms. The number of hydrogen-bond donors (Lipinski definition) is 1. The number of amides is 1. The van der Waals surface area contributed by atoms with Crippen LogP contribution in [0.25, 0.3) is 27.7 Å². The monoisotopic (exact) mass is 698 g/mol. The lowest BCUT2D eigenvalue weighted by Crippen LogP contribution is -2.60. The van der Waals surface area contributed by atoms with Crippen LogP contribution in [0.4, 0.5) is 14.6 Å². The molecule has 2 aliphatic heterocycles. The molecule has 2 aliphatic rings. The number of aromatic nitrogens is 4. The third-order valence-corrected chi connectivity index (χ3v) is 11.1. The summed E-state index contributed by atoms with van der Waals surface area (Å²) in [4.78, 5) is 42.6. The molecule has 0 aliphatic carbocycles. The van der Waals surface area contributed by atoms with Gasteiger partial charge in [-0.1, -0.05) is 51.9 Å². The summed E-state index contributed by atoms with van der Waals surface area (Å²) in [6, 6.07) is 1.85. The van der Waals surface area contributed by atoms with Crippen molar-refractivity contribution in [1.29, 1.82) is 0 Å². The summed E-state index contributed by atoms with van der Waals surface area (Å²) in [6.45, 7) is 12.6. The van der Waals surface area contributed by atoms with Crippen LogP contribution in [0, 0.1) is 11.6 Å². The molecule has 4 aromatic rings. The number of hydrogen-bond acceptors (Lipinski definition) is 9. The van der Waals surface area contributed by atoms with Crippen molar-refractivity contribution in [2.75, 3.05) is 23.7 Å². The summed E-state index contributed by atoms with van der Waals surface area (Å²) < 4.78 is 62.5. The summed E-state index contributed by atoms with van der Waals surface area (Å²) in [5.41, 5.74) is -1.58. The summed E-state index contributed by atoms with van der Waals surface area (Å²) in [6.07, 6.45) is 2.48. The van der Waals surface area contributed by atoms with Crippen LogP contribution in [0.3, 0.4) is 0 Å². The first-order valence-electron chi connectivity index (χ1n) is 15.3. The number of aromatic hydroxyl groups is 1. The minimum atomic E-state index is -4.63. The molecular weight excluding hydrogens is 666 g/mol. The fourth-order valence-corrected chi connectivity index (χ4v) is 8.92. The molecule has 252 valence electrons. The molecule has 2 aromatic carbocycles. The molecule has 0 radical (unpaired) electrons. The van der Waals surface area contributed by atoms with Crippen LogP contribution in [-0.4, -0.2) is 74.8 Å². The van der Waals surface area contributed by atoms with Crippen molar-refractivity contribution >= 4 is 44.1 Å². The number of halogens is 3. The fourth-order valence-electron chi connectivity index (χ4n) is 6.73. The van der Waals surface area contributed by atoms with Gasteiger partial charge in [-0.15, -0.1) is 0 Å². The van der Waals surface area contributed by atoms with Crippen LogP contribution in [0.1, 0.15) is 57.8 Å². The Morgan fingerprint density at radius 3 is 2.33 bits per heavy atom. The van der Waals surface area contributed by atoms with Crippen LogP contribution in [0.2, 0.25) is 5.02 Å². The number of carbonyl (C=O) groups excluding carboxylic acids is 1. The number of benzene rings is 2. The van der Waals surface area contributed by atoms with Gasteiger partial charge in [0, 0.05) is 24.7 Å². The molecule has 0 saturated carbocycles. The maximum atomic E-state index is 17.1. The molecule has 1 saturated heterocycles. The summed E-state index contributed by atoms with van der Waals surface area (Å²) in [5.74, 6) is -5.00. The molecule has 4 heterocycles. The summed E-state index contributed by atoms with van der Waals surface area (Å²) in [7, 11) is -4.63. The van der Waals surface area contributed by atoms with Gasteiger partial charge in [-0.3, -0.25) is 9.36 Å². The first-order chi connectivity index (χ1) is 22.6. The standard InChI is InChI=1S/C33H33ClF2N6O5S/c1-7-21(44)40-12-18-13-48(46,47)31-24-29(25(34)23(26(31)36)22-19(35)9-8-10-20(22)43)42(33(45)39-32(24)41(18)11-17(40)6)30-27(15(2)3)37-14-38-28(30)16(4)5/h7-10,14-18,43H,1,11-13H2,2-6H3. The smallest absolute Gasteiger partial charge is 0.354 e. The highest BCUT2D eigenvalue weighted by atomic mass is 35.5. The Hall–Kier alpha value is -4.43. The highest BCUT2D eigenvalue weighted by Gasteiger charge is 2.45. The second kappa shape index (κ2) is 11.9. The second-order valence-corrected chi connectivity index (χ2v) is 15.0. The van der Waals surface area contributed by atoms with Gasteiger partial charge in [0.25, 0.3) is 0 Å². The van der Waals surface area contributed by atoms with Crippen molar-refractivity contribution in [3.8, 4) is 22.6 Å². The molecule has 1 amide bonds. The van der Waals surface area contributed by atoms with Crippen molar-refractivity contribution in [3.05, 3.63) is 75.7 Å². The van der Waals surface area contributed by atoms with Crippen LogP contribution in [0.15, 0.2) is 46.9 Å². The van der Waals surface area contributed by atoms with Gasteiger partial charge in [-0.25, -0.2) is 32.0 Å². The molecule has 15 heteroatoms. The number of nitrogens with zero attached hydrogens (tertiary/aromatic N) is 6. The van der Waals surface area contributed by atoms with Crippen molar-refractivity contribution in [1.82, 2.24) is 24.4 Å². The fraction of sp³-hybridized carbons (Fsp3) is 0.364. The highest BCUT2D eigenvalue weighted by molar-refractivity contribution is 7.91. The van der Waals surface area contributed by atoms with Crippen molar-refractivity contribution in [2.45, 2.75) is 63.4 Å². The molecule has 11 nitrogen and oxygen atoms in total. The Labute approximate surface area is 280 Å². The van der Waals surface area contributed by atoms with E-state index in [4.69, 9.17) is 11.6 Å². The Balaban J connectivity index is 1.86. The molecular formula is C33H33ClF2N6O5S. The van der Waals surface area contributed by atoms with Crippen LogP contribution in [-0.2, 0) is 14.6 Å². The van der Waals surface area contributed by atoms with Gasteiger partial charge in [0.2, 0.25) is 5.91 Å². The van der Waals surface area contributed by atoms with E-state index in [0.29, 0.717) is 11.4 Å². The van der Waals surface area contributed by atoms with Gasteiger partial charge in [-0.05, 0) is 37.0 Å². The van der Waals surface area contributed by atoms with E-state index in [-0.39, 0.29) is 47.3 Å². The lowest BCUT2D eigenvalue weighted by Gasteiger charge is -2.44. The largest absolute Gasteiger partial charge is 0.507 e. The average Bonchev–Trinajstić information content (AvgIpc) is 3.10. The van der Waals surface area contributed by atoms with Gasteiger partial charge in [0.05, 0.1) is 50.4 Å². The van der Waals surface area contributed by atoms with Gasteiger partial charge in [-0.2, -0.15) is 4.98 Å². The molecule has 0 spiro atoms. The van der Waals surface area contributed by atoms with Gasteiger partial charge < -0.3 is 14.9 Å². The molecule has 0 bridgehead atoms.